The van der Waals surface area contributed by atoms with Crippen LogP contribution in [0.25, 0.3) is 0 Å². The van der Waals surface area contributed by atoms with E-state index in [-0.39, 0.29) is 12.4 Å². The van der Waals surface area contributed by atoms with Gasteiger partial charge in [-0.15, -0.1) is 0 Å². The number of halogens is 2. The Labute approximate surface area is 73.8 Å². The van der Waals surface area contributed by atoms with E-state index in [0.717, 1.165) is 0 Å². The van der Waals surface area contributed by atoms with Gasteiger partial charge in [0.25, 0.3) is 0 Å². The van der Waals surface area contributed by atoms with Crippen LogP contribution in [0.3, 0.4) is 0 Å². The molecule has 4 heteroatoms. The van der Waals surface area contributed by atoms with Crippen LogP contribution >= 0.6 is 0 Å². The monoisotopic (exact) mass is 273 g/mol. The maximum atomic E-state index is 8.74. The summed E-state index contributed by atoms with van der Waals surface area (Å²) in [5, 5.41) is 0. The van der Waals surface area contributed by atoms with Crippen LogP contribution in [0.15, 0.2) is 30.3 Å². The van der Waals surface area contributed by atoms with E-state index < -0.39 is 20.6 Å². The first-order chi connectivity index (χ1) is 4.30. The molecule has 0 heterocycles. The quantitative estimate of drug-likeness (QED) is 0.501. The van der Waals surface area contributed by atoms with E-state index >= 15 is 0 Å². The van der Waals surface area contributed by atoms with Crippen LogP contribution in [0.2, 0.25) is 0 Å². The average Bonchev–Trinajstić information content (AvgIpc) is 1.90. The van der Waals surface area contributed by atoms with Gasteiger partial charge in [0, 0.05) is 0 Å². The van der Waals surface area contributed by atoms with Crippen molar-refractivity contribution < 1.29 is 39.9 Å². The normalized spacial score (nSPS) is 9.10. The van der Waals surface area contributed by atoms with Crippen molar-refractivity contribution in [2.75, 3.05) is 0 Å². The summed E-state index contributed by atoms with van der Waals surface area (Å²) in [5.74, 6) is 0. The molecule has 0 aliphatic heterocycles. The fraction of sp³-hybridized carbons (Fsp3) is 0. The van der Waals surface area contributed by atoms with Crippen LogP contribution in [0.4, 0.5) is 0 Å². The summed E-state index contributed by atoms with van der Waals surface area (Å²) in [6.07, 6.45) is 0. The Hall–Kier alpha value is 0.160. The van der Waals surface area contributed by atoms with E-state index in [2.05, 4.69) is 0 Å². The van der Waals surface area contributed by atoms with Gasteiger partial charge in [-0.25, -0.2) is 0 Å². The standard InChI is InChI=1S/C6H7IO2.ClH/c8-7(9)6-4-2-1-3-5-6;/h1-5,8-9H;1H/q+1;/p-1. The topological polar surface area (TPSA) is 40.5 Å². The molecule has 1 aromatic carbocycles. The Morgan fingerprint density at radius 1 is 1.00 bits per heavy atom. The van der Waals surface area contributed by atoms with Gasteiger partial charge in [0.2, 0.25) is 3.57 Å². The van der Waals surface area contributed by atoms with Gasteiger partial charge in [0.15, 0.2) is 0 Å². The number of benzene rings is 1. The van der Waals surface area contributed by atoms with Crippen molar-refractivity contribution in [2.24, 2.45) is 0 Å². The molecule has 0 unspecified atom stereocenters. The lowest BCUT2D eigenvalue weighted by Crippen LogP contribution is -3.84. The second kappa shape index (κ2) is 4.90. The number of hydrogen-bond donors (Lipinski definition) is 2. The van der Waals surface area contributed by atoms with Crippen LogP contribution in [0.5, 0.6) is 0 Å². The molecule has 0 amide bonds. The Morgan fingerprint density at radius 2 is 1.50 bits per heavy atom. The first kappa shape index (κ1) is 10.2. The highest BCUT2D eigenvalue weighted by Gasteiger charge is 2.15. The lowest BCUT2D eigenvalue weighted by atomic mass is 10.4. The average molecular weight is 273 g/mol. The van der Waals surface area contributed by atoms with Gasteiger partial charge >= 0.3 is 20.6 Å². The van der Waals surface area contributed by atoms with E-state index in [0.29, 0.717) is 3.57 Å². The third-order valence-corrected chi connectivity index (χ3v) is 2.76. The summed E-state index contributed by atoms with van der Waals surface area (Å²) in [4.78, 5) is 0. The van der Waals surface area contributed by atoms with Gasteiger partial charge < -0.3 is 12.4 Å². The van der Waals surface area contributed by atoms with E-state index in [4.69, 9.17) is 6.87 Å². The van der Waals surface area contributed by atoms with Crippen LogP contribution in [0.1, 0.15) is 0 Å². The van der Waals surface area contributed by atoms with Crippen molar-refractivity contribution in [3.8, 4) is 0 Å². The molecule has 0 saturated heterocycles. The van der Waals surface area contributed by atoms with Crippen LogP contribution < -0.4 is 33.1 Å². The Bertz CT molecular complexity index is 178. The van der Waals surface area contributed by atoms with Gasteiger partial charge in [-0.2, -0.15) is 6.87 Å². The maximum absolute atomic E-state index is 8.74. The van der Waals surface area contributed by atoms with E-state index in [1.807, 2.05) is 6.07 Å². The largest absolute Gasteiger partial charge is 1.00 e. The molecule has 2 nitrogen and oxygen atoms in total. The van der Waals surface area contributed by atoms with E-state index in [1.54, 1.807) is 24.3 Å². The van der Waals surface area contributed by atoms with Crippen molar-refractivity contribution in [1.29, 1.82) is 0 Å². The third kappa shape index (κ3) is 2.83. The maximum Gasteiger partial charge on any atom is 0.436 e. The minimum Gasteiger partial charge on any atom is -1.00 e. The molecule has 0 saturated carbocycles. The lowest BCUT2D eigenvalue weighted by Gasteiger charge is -1.84. The van der Waals surface area contributed by atoms with E-state index in [9.17, 15) is 0 Å². The van der Waals surface area contributed by atoms with Crippen molar-refractivity contribution in [3.63, 3.8) is 0 Å². The second-order valence-corrected chi connectivity index (χ2v) is 4.18. The molecule has 10 heavy (non-hydrogen) atoms. The fourth-order valence-electron chi connectivity index (χ4n) is 0.527. The summed E-state index contributed by atoms with van der Waals surface area (Å²) in [6.45, 7) is 0. The molecule has 0 aliphatic carbocycles. The SMILES string of the molecule is O[I+](O)c1ccccc1.[Cl-]. The van der Waals surface area contributed by atoms with Gasteiger partial charge in [0.05, 0.1) is 0 Å². The molecule has 1 radical (unpaired) electrons. The minimum absolute atomic E-state index is 0. The Morgan fingerprint density at radius 3 is 1.80 bits per heavy atom. The van der Waals surface area contributed by atoms with Gasteiger partial charge in [-0.3, -0.25) is 0 Å². The number of hydrogen-bond acceptors (Lipinski definition) is 2. The molecule has 1 rings (SSSR count). The zero-order valence-corrected chi connectivity index (χ0v) is 7.95. The first-order valence-corrected chi connectivity index (χ1v) is 5.45. The molecule has 1 aromatic rings. The molecule has 0 aliphatic rings. The number of rotatable bonds is 1. The zero-order valence-electron chi connectivity index (χ0n) is 5.04. The summed E-state index contributed by atoms with van der Waals surface area (Å²) in [6, 6.07) is 8.90. The molecular formula is C6H7ClIO2. The fourth-order valence-corrected chi connectivity index (χ4v) is 1.59. The molecule has 57 valence electrons. The van der Waals surface area contributed by atoms with Crippen molar-refractivity contribution >= 4 is 0 Å². The smallest absolute Gasteiger partial charge is 0.436 e. The zero-order chi connectivity index (χ0) is 6.69. The Kier molecular flexibility index (Phi) is 4.98. The molecule has 0 atom stereocenters. The predicted octanol–water partition coefficient (Wildman–Crippen LogP) is -5.70. The van der Waals surface area contributed by atoms with Gasteiger partial charge in [-0.1, -0.05) is 18.2 Å². The summed E-state index contributed by atoms with van der Waals surface area (Å²) in [5.41, 5.74) is 0. The molecule has 0 bridgehead atoms. The van der Waals surface area contributed by atoms with Crippen LogP contribution in [-0.2, 0) is 0 Å². The van der Waals surface area contributed by atoms with Crippen LogP contribution in [0, 0.1) is 3.57 Å². The molecule has 2 N–H and O–H groups in total. The molecule has 0 fully saturated rings. The third-order valence-electron chi connectivity index (χ3n) is 0.928. The lowest BCUT2D eigenvalue weighted by molar-refractivity contribution is -1.22. The summed E-state index contributed by atoms with van der Waals surface area (Å²) < 4.78 is 18.2. The second-order valence-electron chi connectivity index (χ2n) is 1.54. The highest BCUT2D eigenvalue weighted by molar-refractivity contribution is 4.98. The predicted molar refractivity (Wildman–Crippen MR) is 29.6 cm³/mol. The van der Waals surface area contributed by atoms with E-state index in [1.165, 1.54) is 0 Å². The molecular weight excluding hydrogens is 266 g/mol. The highest BCUT2D eigenvalue weighted by atomic mass is 127. The summed E-state index contributed by atoms with van der Waals surface area (Å²) in [7, 11) is 0. The highest BCUT2D eigenvalue weighted by Crippen LogP contribution is 1.81. The molecule has 0 spiro atoms. The molecule has 0 aromatic heterocycles. The van der Waals surface area contributed by atoms with Crippen molar-refractivity contribution in [3.05, 3.63) is 33.9 Å². The summed E-state index contributed by atoms with van der Waals surface area (Å²) >= 11 is -2.68. The Balaban J connectivity index is 0.000000810. The first-order valence-electron chi connectivity index (χ1n) is 2.44. The van der Waals surface area contributed by atoms with Crippen molar-refractivity contribution in [2.45, 2.75) is 0 Å². The minimum atomic E-state index is -2.68. The van der Waals surface area contributed by atoms with Gasteiger partial charge in [0.1, 0.15) is 0 Å². The van der Waals surface area contributed by atoms with Crippen molar-refractivity contribution in [1.82, 2.24) is 0 Å². The van der Waals surface area contributed by atoms with Gasteiger partial charge in [-0.05, 0) is 12.1 Å². The van der Waals surface area contributed by atoms with Crippen LogP contribution in [-0.4, -0.2) is 6.87 Å².